The highest BCUT2D eigenvalue weighted by Gasteiger charge is 2.43. The number of alkyl halides is 3. The van der Waals surface area contributed by atoms with Crippen LogP contribution in [0, 0.1) is 11.3 Å². The van der Waals surface area contributed by atoms with Crippen molar-refractivity contribution in [3.63, 3.8) is 0 Å². The number of benzene rings is 2. The molecule has 1 N–H and O–H groups in total. The summed E-state index contributed by atoms with van der Waals surface area (Å²) in [6.07, 6.45) is -3.87. The summed E-state index contributed by atoms with van der Waals surface area (Å²) in [6, 6.07) is 13.5. The van der Waals surface area contributed by atoms with Crippen LogP contribution in [-0.4, -0.2) is 19.1 Å². The molecule has 1 unspecified atom stereocenters. The zero-order valence-corrected chi connectivity index (χ0v) is 15.9. The Morgan fingerprint density at radius 3 is 2.41 bits per heavy atom. The van der Waals surface area contributed by atoms with Crippen LogP contribution >= 0.6 is 0 Å². The molecule has 0 saturated carbocycles. The Hall–Kier alpha value is -2.85. The second kappa shape index (κ2) is 8.26. The number of ether oxygens (including phenoxy) is 1. The number of nitriles is 1. The van der Waals surface area contributed by atoms with Gasteiger partial charge in [0, 0.05) is 13.2 Å². The maximum absolute atomic E-state index is 13.3. The largest absolute Gasteiger partial charge is 0.416 e. The van der Waals surface area contributed by atoms with Gasteiger partial charge in [0.1, 0.15) is 0 Å². The van der Waals surface area contributed by atoms with Crippen LogP contribution in [0.1, 0.15) is 48.1 Å². The van der Waals surface area contributed by atoms with Gasteiger partial charge in [-0.1, -0.05) is 30.3 Å². The van der Waals surface area contributed by atoms with Crippen LogP contribution in [0.15, 0.2) is 48.5 Å². The van der Waals surface area contributed by atoms with Gasteiger partial charge in [-0.05, 0) is 49.1 Å². The Morgan fingerprint density at radius 1 is 1.17 bits per heavy atom. The van der Waals surface area contributed by atoms with E-state index < -0.39 is 17.2 Å². The van der Waals surface area contributed by atoms with E-state index in [9.17, 15) is 18.0 Å². The second-order valence-electron chi connectivity index (χ2n) is 7.20. The quantitative estimate of drug-likeness (QED) is 0.819. The van der Waals surface area contributed by atoms with Gasteiger partial charge in [-0.2, -0.15) is 18.4 Å². The van der Waals surface area contributed by atoms with Crippen LogP contribution in [-0.2, 0) is 21.1 Å². The van der Waals surface area contributed by atoms with E-state index >= 15 is 0 Å². The number of hydrogen-bond donors (Lipinski definition) is 1. The first-order valence-electron chi connectivity index (χ1n) is 9.33. The van der Waals surface area contributed by atoms with Crippen LogP contribution in [0.5, 0.6) is 0 Å². The van der Waals surface area contributed by atoms with E-state index in [4.69, 9.17) is 10.00 Å². The molecule has 1 saturated heterocycles. The van der Waals surface area contributed by atoms with Gasteiger partial charge in [0.15, 0.2) is 0 Å². The molecule has 1 aliphatic heterocycles. The molecule has 1 heterocycles. The van der Waals surface area contributed by atoms with Gasteiger partial charge in [-0.15, -0.1) is 0 Å². The Labute approximate surface area is 167 Å². The van der Waals surface area contributed by atoms with Crippen LogP contribution in [0.3, 0.4) is 0 Å². The Morgan fingerprint density at radius 2 is 1.83 bits per heavy atom. The van der Waals surface area contributed by atoms with Gasteiger partial charge in [0.05, 0.1) is 28.7 Å². The lowest BCUT2D eigenvalue weighted by molar-refractivity contribution is -0.138. The molecule has 1 fully saturated rings. The molecule has 29 heavy (non-hydrogen) atoms. The summed E-state index contributed by atoms with van der Waals surface area (Å²) in [5.74, 6) is -0.322. The van der Waals surface area contributed by atoms with Crippen LogP contribution in [0.2, 0.25) is 0 Å². The average molecular weight is 402 g/mol. The third-order valence-corrected chi connectivity index (χ3v) is 5.41. The molecule has 7 heteroatoms. The molecule has 0 aliphatic carbocycles. The van der Waals surface area contributed by atoms with Gasteiger partial charge in [0.2, 0.25) is 5.91 Å². The lowest BCUT2D eigenvalue weighted by Gasteiger charge is -2.37. The van der Waals surface area contributed by atoms with Gasteiger partial charge in [-0.25, -0.2) is 0 Å². The molecule has 3 rings (SSSR count). The van der Waals surface area contributed by atoms with Crippen molar-refractivity contribution in [2.45, 2.75) is 37.4 Å². The first-order chi connectivity index (χ1) is 13.8. The summed E-state index contributed by atoms with van der Waals surface area (Å²) >= 11 is 0. The third-order valence-electron chi connectivity index (χ3n) is 5.41. The minimum Gasteiger partial charge on any atom is -0.381 e. The summed E-state index contributed by atoms with van der Waals surface area (Å²) in [7, 11) is 0. The van der Waals surface area contributed by atoms with E-state index in [1.54, 1.807) is 37.3 Å². The number of nitrogens with zero attached hydrogens (tertiary/aromatic N) is 1. The summed E-state index contributed by atoms with van der Waals surface area (Å²) in [5.41, 5.74) is -0.185. The standard InChI is InChI=1S/C22H21F3N2O2/c1-15(17-7-5-16(14-26)6-8-17)27-20(28)21(9-11-29-12-10-21)18-3-2-4-19(13-18)22(23,24)25/h2-8,13,15H,9-12H2,1H3,(H,27,28). The van der Waals surface area contributed by atoms with Gasteiger partial charge < -0.3 is 10.1 Å². The molecule has 0 spiro atoms. The minimum absolute atomic E-state index is 0.301. The monoisotopic (exact) mass is 402 g/mol. The fraction of sp³-hybridized carbons (Fsp3) is 0.364. The predicted molar refractivity (Wildman–Crippen MR) is 101 cm³/mol. The highest BCUT2D eigenvalue weighted by atomic mass is 19.4. The second-order valence-corrected chi connectivity index (χ2v) is 7.20. The number of hydrogen-bond acceptors (Lipinski definition) is 3. The summed E-state index contributed by atoms with van der Waals surface area (Å²) in [5, 5.41) is 11.9. The Balaban J connectivity index is 1.90. The van der Waals surface area contributed by atoms with E-state index in [1.165, 1.54) is 6.07 Å². The molecule has 0 bridgehead atoms. The van der Waals surface area contributed by atoms with Crippen LogP contribution in [0.4, 0.5) is 13.2 Å². The van der Waals surface area contributed by atoms with E-state index in [-0.39, 0.29) is 11.9 Å². The Kier molecular flexibility index (Phi) is 5.94. The molecule has 4 nitrogen and oxygen atoms in total. The lowest BCUT2D eigenvalue weighted by Crippen LogP contribution is -2.48. The molecule has 1 atom stereocenters. The zero-order chi connectivity index (χ0) is 21.1. The summed E-state index contributed by atoms with van der Waals surface area (Å²) < 4.78 is 45.0. The maximum atomic E-state index is 13.3. The highest BCUT2D eigenvalue weighted by molar-refractivity contribution is 5.88. The van der Waals surface area contributed by atoms with Crippen LogP contribution in [0.25, 0.3) is 0 Å². The molecule has 0 radical (unpaired) electrons. The zero-order valence-electron chi connectivity index (χ0n) is 15.9. The number of amides is 1. The first-order valence-corrected chi connectivity index (χ1v) is 9.33. The number of nitrogens with one attached hydrogen (secondary N) is 1. The lowest BCUT2D eigenvalue weighted by atomic mass is 9.72. The molecule has 2 aromatic carbocycles. The van der Waals surface area contributed by atoms with E-state index in [2.05, 4.69) is 5.32 Å². The number of carbonyl (C=O) groups is 1. The van der Waals surface area contributed by atoms with Crippen molar-refractivity contribution in [1.82, 2.24) is 5.32 Å². The van der Waals surface area contributed by atoms with Crippen molar-refractivity contribution >= 4 is 5.91 Å². The number of carbonyl (C=O) groups excluding carboxylic acids is 1. The molecule has 0 aromatic heterocycles. The van der Waals surface area contributed by atoms with E-state index in [0.29, 0.717) is 37.2 Å². The van der Waals surface area contributed by atoms with Crippen molar-refractivity contribution in [3.8, 4) is 6.07 Å². The number of rotatable bonds is 4. The minimum atomic E-state index is -4.48. The van der Waals surface area contributed by atoms with Gasteiger partial charge >= 0.3 is 6.18 Å². The normalized spacial score (nSPS) is 17.2. The number of halogens is 3. The van der Waals surface area contributed by atoms with Gasteiger partial charge in [-0.3, -0.25) is 4.79 Å². The van der Waals surface area contributed by atoms with E-state index in [0.717, 1.165) is 17.7 Å². The fourth-order valence-electron chi connectivity index (χ4n) is 3.62. The van der Waals surface area contributed by atoms with Crippen molar-refractivity contribution in [3.05, 3.63) is 70.8 Å². The van der Waals surface area contributed by atoms with Crippen molar-refractivity contribution in [2.24, 2.45) is 0 Å². The SMILES string of the molecule is CC(NC(=O)C1(c2cccc(C(F)(F)F)c2)CCOCC1)c1ccc(C#N)cc1. The molecule has 1 aliphatic rings. The van der Waals surface area contributed by atoms with Crippen molar-refractivity contribution in [1.29, 1.82) is 5.26 Å². The predicted octanol–water partition coefficient (Wildman–Crippen LogP) is 4.50. The van der Waals surface area contributed by atoms with Crippen molar-refractivity contribution in [2.75, 3.05) is 13.2 Å². The molecule has 2 aromatic rings. The first kappa shape index (κ1) is 20.9. The Bertz CT molecular complexity index is 911. The summed E-state index contributed by atoms with van der Waals surface area (Å²) in [4.78, 5) is 13.3. The van der Waals surface area contributed by atoms with Gasteiger partial charge in [0.25, 0.3) is 0 Å². The maximum Gasteiger partial charge on any atom is 0.416 e. The third kappa shape index (κ3) is 4.43. The highest BCUT2D eigenvalue weighted by Crippen LogP contribution is 2.39. The van der Waals surface area contributed by atoms with E-state index in [1.807, 2.05) is 6.07 Å². The summed E-state index contributed by atoms with van der Waals surface area (Å²) in [6.45, 7) is 2.41. The molecule has 1 amide bonds. The molecular formula is C22H21F3N2O2. The average Bonchev–Trinajstić information content (AvgIpc) is 2.73. The molecular weight excluding hydrogens is 381 g/mol. The van der Waals surface area contributed by atoms with Crippen LogP contribution < -0.4 is 5.32 Å². The molecule has 152 valence electrons. The topological polar surface area (TPSA) is 62.1 Å². The van der Waals surface area contributed by atoms with Crippen molar-refractivity contribution < 1.29 is 22.7 Å². The smallest absolute Gasteiger partial charge is 0.381 e. The fourth-order valence-corrected chi connectivity index (χ4v) is 3.62.